The maximum atomic E-state index is 13.0. The van der Waals surface area contributed by atoms with E-state index in [0.29, 0.717) is 25.1 Å². The Labute approximate surface area is 168 Å². The van der Waals surface area contributed by atoms with Gasteiger partial charge >= 0.3 is 0 Å². The first-order valence-electron chi connectivity index (χ1n) is 9.28. The van der Waals surface area contributed by atoms with E-state index >= 15 is 0 Å². The van der Waals surface area contributed by atoms with E-state index in [1.807, 2.05) is 36.6 Å². The largest absolute Gasteiger partial charge is 0.385 e. The molecule has 1 aromatic carbocycles. The smallest absolute Gasteiger partial charge is 0.262 e. The van der Waals surface area contributed by atoms with Gasteiger partial charge in [0, 0.05) is 51.2 Å². The van der Waals surface area contributed by atoms with E-state index in [4.69, 9.17) is 4.74 Å². The van der Waals surface area contributed by atoms with Crippen LogP contribution in [0.1, 0.15) is 18.4 Å². The second-order valence-corrected chi connectivity index (χ2v) is 7.71. The molecule has 0 spiro atoms. The van der Waals surface area contributed by atoms with Crippen molar-refractivity contribution in [1.29, 1.82) is 0 Å². The second kappa shape index (κ2) is 9.12. The van der Waals surface area contributed by atoms with Crippen LogP contribution in [-0.2, 0) is 16.1 Å². The Hall–Kier alpha value is -2.51. The summed E-state index contributed by atoms with van der Waals surface area (Å²) in [5.41, 5.74) is 2.97. The van der Waals surface area contributed by atoms with E-state index < -0.39 is 0 Å². The summed E-state index contributed by atoms with van der Waals surface area (Å²) in [7, 11) is 3.42. The highest BCUT2D eigenvalue weighted by atomic mass is 32.1. The van der Waals surface area contributed by atoms with E-state index in [2.05, 4.69) is 4.98 Å². The van der Waals surface area contributed by atoms with Crippen molar-refractivity contribution in [3.8, 4) is 11.1 Å². The third kappa shape index (κ3) is 4.48. The molecule has 0 aliphatic carbocycles. The Kier molecular flexibility index (Phi) is 6.59. The van der Waals surface area contributed by atoms with Crippen LogP contribution in [0, 0.1) is 6.92 Å². The Morgan fingerprint density at radius 1 is 1.29 bits per heavy atom. The van der Waals surface area contributed by atoms with Gasteiger partial charge in [0.25, 0.3) is 5.56 Å². The number of rotatable bonds is 8. The van der Waals surface area contributed by atoms with Gasteiger partial charge in [-0.15, -0.1) is 11.3 Å². The van der Waals surface area contributed by atoms with Gasteiger partial charge in [0.15, 0.2) is 0 Å². The van der Waals surface area contributed by atoms with Crippen molar-refractivity contribution >= 4 is 27.5 Å². The molecule has 0 saturated heterocycles. The van der Waals surface area contributed by atoms with Crippen molar-refractivity contribution in [2.75, 3.05) is 27.3 Å². The van der Waals surface area contributed by atoms with Crippen LogP contribution in [0.2, 0.25) is 0 Å². The fourth-order valence-electron chi connectivity index (χ4n) is 3.05. The zero-order valence-electron chi connectivity index (χ0n) is 16.5. The van der Waals surface area contributed by atoms with Crippen LogP contribution < -0.4 is 5.56 Å². The Morgan fingerprint density at radius 2 is 2.04 bits per heavy atom. The van der Waals surface area contributed by atoms with Crippen molar-refractivity contribution in [3.63, 3.8) is 0 Å². The first-order chi connectivity index (χ1) is 13.5. The number of aryl methyl sites for hydroxylation is 2. The third-order valence-corrected chi connectivity index (χ3v) is 5.64. The number of amides is 1. The molecule has 1 amide bonds. The van der Waals surface area contributed by atoms with Gasteiger partial charge in [-0.1, -0.05) is 29.8 Å². The minimum Gasteiger partial charge on any atom is -0.385 e. The minimum absolute atomic E-state index is 0.00665. The molecule has 28 heavy (non-hydrogen) atoms. The lowest BCUT2D eigenvalue weighted by atomic mass is 10.1. The molecule has 148 valence electrons. The summed E-state index contributed by atoms with van der Waals surface area (Å²) in [6.45, 7) is 3.62. The van der Waals surface area contributed by atoms with Crippen LogP contribution >= 0.6 is 11.3 Å². The minimum atomic E-state index is -0.100. The maximum absolute atomic E-state index is 13.0. The van der Waals surface area contributed by atoms with Gasteiger partial charge in [-0.05, 0) is 18.9 Å². The highest BCUT2D eigenvalue weighted by Gasteiger charge is 2.15. The normalized spacial score (nSPS) is 11.1. The zero-order chi connectivity index (χ0) is 20.1. The molecule has 0 radical (unpaired) electrons. The van der Waals surface area contributed by atoms with Gasteiger partial charge in [0.1, 0.15) is 4.83 Å². The molecule has 0 unspecified atom stereocenters. The molecular formula is C21H25N3O3S. The number of aromatic nitrogens is 2. The van der Waals surface area contributed by atoms with E-state index in [-0.39, 0.29) is 17.9 Å². The highest BCUT2D eigenvalue weighted by molar-refractivity contribution is 7.17. The Morgan fingerprint density at radius 3 is 2.75 bits per heavy atom. The van der Waals surface area contributed by atoms with Gasteiger partial charge in [0.2, 0.25) is 5.91 Å². The zero-order valence-corrected chi connectivity index (χ0v) is 17.3. The predicted octanol–water partition coefficient (Wildman–Crippen LogP) is 3.32. The monoisotopic (exact) mass is 399 g/mol. The van der Waals surface area contributed by atoms with Gasteiger partial charge in [-0.2, -0.15) is 0 Å². The topological polar surface area (TPSA) is 64.4 Å². The first kappa shape index (κ1) is 20.2. The number of ether oxygens (including phenoxy) is 1. The van der Waals surface area contributed by atoms with Crippen LogP contribution in [0.15, 0.2) is 40.8 Å². The number of carbonyl (C=O) groups is 1. The summed E-state index contributed by atoms with van der Waals surface area (Å²) in [6, 6.07) is 8.11. The summed E-state index contributed by atoms with van der Waals surface area (Å²) >= 11 is 1.46. The average Bonchev–Trinajstić information content (AvgIpc) is 3.13. The number of fused-ring (bicyclic) bond motifs is 1. The molecule has 0 aliphatic rings. The molecule has 2 aromatic heterocycles. The molecule has 0 aliphatic heterocycles. The summed E-state index contributed by atoms with van der Waals surface area (Å²) < 4.78 is 6.55. The van der Waals surface area contributed by atoms with E-state index in [1.165, 1.54) is 27.8 Å². The molecule has 7 heteroatoms. The molecule has 0 saturated carbocycles. The van der Waals surface area contributed by atoms with Crippen molar-refractivity contribution in [2.24, 2.45) is 0 Å². The SMILES string of the molecule is COCCCN(C)C(=O)CCn1cnc2scc(-c3ccc(C)cc3)c2c1=O. The van der Waals surface area contributed by atoms with Crippen molar-refractivity contribution in [2.45, 2.75) is 26.3 Å². The summed E-state index contributed by atoms with van der Waals surface area (Å²) in [5.74, 6) is 0.00665. The molecule has 0 fully saturated rings. The summed E-state index contributed by atoms with van der Waals surface area (Å²) in [4.78, 5) is 32.2. The molecule has 0 bridgehead atoms. The second-order valence-electron chi connectivity index (χ2n) is 6.85. The molecule has 0 atom stereocenters. The molecule has 2 heterocycles. The van der Waals surface area contributed by atoms with Crippen LogP contribution in [0.5, 0.6) is 0 Å². The van der Waals surface area contributed by atoms with Crippen molar-refractivity contribution in [3.05, 3.63) is 51.9 Å². The van der Waals surface area contributed by atoms with Crippen LogP contribution in [-0.4, -0.2) is 47.7 Å². The molecule has 3 rings (SSSR count). The number of nitrogens with zero attached hydrogens (tertiary/aromatic N) is 3. The van der Waals surface area contributed by atoms with Gasteiger partial charge in [0.05, 0.1) is 11.7 Å². The molecule has 0 N–H and O–H groups in total. The fraction of sp³-hybridized carbons (Fsp3) is 0.381. The lowest BCUT2D eigenvalue weighted by Crippen LogP contribution is -2.30. The number of carbonyl (C=O) groups excluding carboxylic acids is 1. The summed E-state index contributed by atoms with van der Waals surface area (Å²) in [5, 5.41) is 2.60. The number of hydrogen-bond acceptors (Lipinski definition) is 5. The average molecular weight is 400 g/mol. The predicted molar refractivity (Wildman–Crippen MR) is 113 cm³/mol. The summed E-state index contributed by atoms with van der Waals surface area (Å²) in [6.07, 6.45) is 2.60. The quantitative estimate of drug-likeness (QED) is 0.545. The highest BCUT2D eigenvalue weighted by Crippen LogP contribution is 2.30. The molecule has 3 aromatic rings. The Balaban J connectivity index is 1.79. The van der Waals surface area contributed by atoms with Crippen LogP contribution in [0.25, 0.3) is 21.3 Å². The van der Waals surface area contributed by atoms with Gasteiger partial charge < -0.3 is 9.64 Å². The van der Waals surface area contributed by atoms with Crippen LogP contribution in [0.4, 0.5) is 0 Å². The number of hydrogen-bond donors (Lipinski definition) is 0. The number of benzene rings is 1. The van der Waals surface area contributed by atoms with E-state index in [1.54, 1.807) is 19.1 Å². The van der Waals surface area contributed by atoms with Crippen molar-refractivity contribution in [1.82, 2.24) is 14.5 Å². The Bertz CT molecular complexity index is 1010. The number of methoxy groups -OCH3 is 1. The van der Waals surface area contributed by atoms with Crippen LogP contribution in [0.3, 0.4) is 0 Å². The van der Waals surface area contributed by atoms with E-state index in [9.17, 15) is 9.59 Å². The molecule has 6 nitrogen and oxygen atoms in total. The number of thiophene rings is 1. The van der Waals surface area contributed by atoms with Crippen molar-refractivity contribution < 1.29 is 9.53 Å². The molecular weight excluding hydrogens is 374 g/mol. The van der Waals surface area contributed by atoms with E-state index in [0.717, 1.165) is 22.4 Å². The lowest BCUT2D eigenvalue weighted by molar-refractivity contribution is -0.130. The first-order valence-corrected chi connectivity index (χ1v) is 10.2. The standard InChI is InChI=1S/C21H25N3O3S/c1-15-5-7-16(8-6-15)17-13-28-20-19(17)21(26)24(14-22-20)11-9-18(25)23(2)10-4-12-27-3/h5-8,13-14H,4,9-12H2,1-3H3. The fourth-order valence-corrected chi connectivity index (χ4v) is 3.96. The van der Waals surface area contributed by atoms with Gasteiger partial charge in [-0.25, -0.2) is 4.98 Å². The maximum Gasteiger partial charge on any atom is 0.262 e. The third-order valence-electron chi connectivity index (χ3n) is 4.76. The lowest BCUT2D eigenvalue weighted by Gasteiger charge is -2.17. The van der Waals surface area contributed by atoms with Gasteiger partial charge in [-0.3, -0.25) is 14.2 Å².